The fourth-order valence-electron chi connectivity index (χ4n) is 1.28. The van der Waals surface area contributed by atoms with Crippen molar-refractivity contribution in [3.8, 4) is 0 Å². The molecular weight excluding hydrogens is 221 g/mol. The summed E-state index contributed by atoms with van der Waals surface area (Å²) < 4.78 is 0. The van der Waals surface area contributed by atoms with Crippen molar-refractivity contribution in [1.82, 2.24) is 0 Å². The van der Waals surface area contributed by atoms with Gasteiger partial charge in [0.15, 0.2) is 0 Å². The molecule has 2 atom stereocenters. The van der Waals surface area contributed by atoms with Gasteiger partial charge in [0.05, 0.1) is 12.1 Å². The molecule has 14 heavy (non-hydrogen) atoms. The van der Waals surface area contributed by atoms with Crippen molar-refractivity contribution in [3.05, 3.63) is 33.8 Å². The minimum atomic E-state index is -0.618. The van der Waals surface area contributed by atoms with Gasteiger partial charge in [0.1, 0.15) is 0 Å². The van der Waals surface area contributed by atoms with Crippen molar-refractivity contribution in [2.24, 2.45) is 5.73 Å². The predicted molar refractivity (Wildman–Crippen MR) is 59.7 cm³/mol. The van der Waals surface area contributed by atoms with Gasteiger partial charge in [-0.25, -0.2) is 0 Å². The Morgan fingerprint density at radius 3 is 2.29 bits per heavy atom. The number of hydrogen-bond acceptors (Lipinski definition) is 2. The first-order valence-electron chi connectivity index (χ1n) is 4.45. The molecule has 1 rings (SSSR count). The number of halogens is 2. The molecule has 0 bridgehead atoms. The highest BCUT2D eigenvalue weighted by atomic mass is 35.5. The molecular formula is C10H13Cl2NO. The molecule has 1 aromatic carbocycles. The summed E-state index contributed by atoms with van der Waals surface area (Å²) in [6.07, 6.45) is -0.0460. The molecule has 0 amide bonds. The van der Waals surface area contributed by atoms with Crippen molar-refractivity contribution < 1.29 is 5.11 Å². The maximum absolute atomic E-state index is 9.59. The zero-order chi connectivity index (χ0) is 10.7. The second-order valence-electron chi connectivity index (χ2n) is 3.14. The van der Waals surface area contributed by atoms with E-state index < -0.39 is 12.1 Å². The third-order valence-electron chi connectivity index (χ3n) is 2.17. The van der Waals surface area contributed by atoms with Crippen LogP contribution in [0.5, 0.6) is 0 Å². The van der Waals surface area contributed by atoms with Crippen molar-refractivity contribution in [3.63, 3.8) is 0 Å². The van der Waals surface area contributed by atoms with Gasteiger partial charge in [-0.3, -0.25) is 0 Å². The Labute approximate surface area is 93.6 Å². The van der Waals surface area contributed by atoms with Crippen LogP contribution in [0.1, 0.15) is 24.9 Å². The Bertz CT molecular complexity index is 297. The van der Waals surface area contributed by atoms with Crippen molar-refractivity contribution in [1.29, 1.82) is 0 Å². The molecule has 4 heteroatoms. The monoisotopic (exact) mass is 233 g/mol. The number of benzene rings is 1. The van der Waals surface area contributed by atoms with Gasteiger partial charge < -0.3 is 10.8 Å². The molecule has 0 aliphatic rings. The maximum Gasteiger partial charge on any atom is 0.0731 e. The molecule has 78 valence electrons. The average molecular weight is 234 g/mol. The second-order valence-corrected chi connectivity index (χ2v) is 3.95. The van der Waals surface area contributed by atoms with E-state index in [1.165, 1.54) is 0 Å². The lowest BCUT2D eigenvalue weighted by atomic mass is 10.0. The first kappa shape index (κ1) is 11.8. The normalized spacial score (nSPS) is 15.2. The van der Waals surface area contributed by atoms with Gasteiger partial charge in [0, 0.05) is 15.6 Å². The third-order valence-corrected chi connectivity index (χ3v) is 2.83. The lowest BCUT2D eigenvalue weighted by Crippen LogP contribution is -2.26. The number of aliphatic hydroxyl groups excluding tert-OH is 1. The molecule has 0 aliphatic heterocycles. The van der Waals surface area contributed by atoms with E-state index in [0.29, 0.717) is 22.0 Å². The zero-order valence-electron chi connectivity index (χ0n) is 7.87. The van der Waals surface area contributed by atoms with Gasteiger partial charge in [0.2, 0.25) is 0 Å². The lowest BCUT2D eigenvalue weighted by molar-refractivity contribution is 0.141. The standard InChI is InChI=1S/C10H13Cl2NO/c1-2-8(14)10(13)9-6(11)4-3-5-7(9)12/h3-5,8,10,14H,2,13H2,1H3/t8-,10-/m1/s1. The summed E-state index contributed by atoms with van der Waals surface area (Å²) in [4.78, 5) is 0. The second kappa shape index (κ2) is 4.99. The molecule has 0 radical (unpaired) electrons. The smallest absolute Gasteiger partial charge is 0.0731 e. The molecule has 2 nitrogen and oxygen atoms in total. The Kier molecular flexibility index (Phi) is 4.20. The van der Waals surface area contributed by atoms with Gasteiger partial charge >= 0.3 is 0 Å². The van der Waals surface area contributed by atoms with Gasteiger partial charge in [-0.1, -0.05) is 36.2 Å². The van der Waals surface area contributed by atoms with Gasteiger partial charge in [0.25, 0.3) is 0 Å². The first-order valence-corrected chi connectivity index (χ1v) is 5.21. The van der Waals surface area contributed by atoms with E-state index in [1.54, 1.807) is 18.2 Å². The van der Waals surface area contributed by atoms with E-state index in [9.17, 15) is 5.11 Å². The number of aliphatic hydroxyl groups is 1. The molecule has 0 fully saturated rings. The Balaban J connectivity index is 3.05. The average Bonchev–Trinajstić information content (AvgIpc) is 2.16. The summed E-state index contributed by atoms with van der Waals surface area (Å²) in [6, 6.07) is 4.65. The summed E-state index contributed by atoms with van der Waals surface area (Å²) in [5, 5.41) is 10.6. The highest BCUT2D eigenvalue weighted by Gasteiger charge is 2.20. The Hall–Kier alpha value is -0.280. The molecule has 0 spiro atoms. The van der Waals surface area contributed by atoms with Crippen LogP contribution in [0.25, 0.3) is 0 Å². The van der Waals surface area contributed by atoms with Crippen LogP contribution in [-0.4, -0.2) is 11.2 Å². The van der Waals surface area contributed by atoms with E-state index in [2.05, 4.69) is 0 Å². The summed E-state index contributed by atoms with van der Waals surface area (Å²) in [5.74, 6) is 0. The fourth-order valence-corrected chi connectivity index (χ4v) is 1.92. The molecule has 0 aromatic heterocycles. The van der Waals surface area contributed by atoms with Gasteiger partial charge in [-0.05, 0) is 18.6 Å². The van der Waals surface area contributed by atoms with E-state index in [-0.39, 0.29) is 0 Å². The van der Waals surface area contributed by atoms with Gasteiger partial charge in [-0.2, -0.15) is 0 Å². The van der Waals surface area contributed by atoms with Crippen LogP contribution >= 0.6 is 23.2 Å². The largest absolute Gasteiger partial charge is 0.391 e. The topological polar surface area (TPSA) is 46.2 Å². The Morgan fingerprint density at radius 2 is 1.86 bits per heavy atom. The maximum atomic E-state index is 9.59. The molecule has 1 aromatic rings. The minimum absolute atomic E-state index is 0.498. The fraction of sp³-hybridized carbons (Fsp3) is 0.400. The van der Waals surface area contributed by atoms with Crippen LogP contribution in [0, 0.1) is 0 Å². The van der Waals surface area contributed by atoms with Gasteiger partial charge in [-0.15, -0.1) is 0 Å². The minimum Gasteiger partial charge on any atom is -0.391 e. The first-order chi connectivity index (χ1) is 6.57. The molecule has 0 saturated heterocycles. The van der Waals surface area contributed by atoms with Crippen LogP contribution in [0.4, 0.5) is 0 Å². The summed E-state index contributed by atoms with van der Waals surface area (Å²) in [6.45, 7) is 1.86. The van der Waals surface area contributed by atoms with Crippen LogP contribution in [0.3, 0.4) is 0 Å². The molecule has 3 N–H and O–H groups in total. The summed E-state index contributed by atoms with van der Waals surface area (Å²) in [5.41, 5.74) is 6.45. The quantitative estimate of drug-likeness (QED) is 0.844. The van der Waals surface area contributed by atoms with Crippen molar-refractivity contribution in [2.45, 2.75) is 25.5 Å². The van der Waals surface area contributed by atoms with Crippen LogP contribution < -0.4 is 5.73 Å². The summed E-state index contributed by atoms with van der Waals surface area (Å²) in [7, 11) is 0. The molecule has 0 heterocycles. The number of nitrogens with two attached hydrogens (primary N) is 1. The highest BCUT2D eigenvalue weighted by molar-refractivity contribution is 6.36. The Morgan fingerprint density at radius 1 is 1.36 bits per heavy atom. The molecule has 0 unspecified atom stereocenters. The highest BCUT2D eigenvalue weighted by Crippen LogP contribution is 2.31. The van der Waals surface area contributed by atoms with E-state index in [0.717, 1.165) is 0 Å². The van der Waals surface area contributed by atoms with Crippen LogP contribution in [0.15, 0.2) is 18.2 Å². The van der Waals surface area contributed by atoms with Crippen LogP contribution in [-0.2, 0) is 0 Å². The zero-order valence-corrected chi connectivity index (χ0v) is 9.39. The lowest BCUT2D eigenvalue weighted by Gasteiger charge is -2.19. The number of rotatable bonds is 3. The molecule has 0 saturated carbocycles. The van der Waals surface area contributed by atoms with Crippen molar-refractivity contribution in [2.75, 3.05) is 0 Å². The van der Waals surface area contributed by atoms with E-state index >= 15 is 0 Å². The SMILES string of the molecule is CC[C@@H](O)[C@@H](N)c1c(Cl)cccc1Cl. The van der Waals surface area contributed by atoms with E-state index in [4.69, 9.17) is 28.9 Å². The molecule has 0 aliphatic carbocycles. The predicted octanol–water partition coefficient (Wildman–Crippen LogP) is 2.76. The number of hydrogen-bond donors (Lipinski definition) is 2. The third kappa shape index (κ3) is 2.39. The van der Waals surface area contributed by atoms with Crippen molar-refractivity contribution >= 4 is 23.2 Å². The van der Waals surface area contributed by atoms with Crippen LogP contribution in [0.2, 0.25) is 10.0 Å². The summed E-state index contributed by atoms with van der Waals surface area (Å²) >= 11 is 11.9. The van der Waals surface area contributed by atoms with E-state index in [1.807, 2.05) is 6.92 Å².